The molecule has 0 saturated heterocycles. The first-order valence-electron chi connectivity index (χ1n) is 9.93. The molecular formula is C21H34N6O. The first kappa shape index (κ1) is 22.0. The molecule has 1 aliphatic rings. The Bertz CT molecular complexity index is 742. The number of hydrogen-bond acceptors (Lipinski definition) is 5. The molecule has 0 saturated carbocycles. The SMILES string of the molecule is CCN(C)C/N=C(\C)N/C(CN(C)C1CCCc2cccnc21)=C(\C)C(N)=O. The van der Waals surface area contributed by atoms with Gasteiger partial charge in [-0.3, -0.25) is 24.6 Å². The average molecular weight is 387 g/mol. The topological polar surface area (TPSA) is 86.8 Å². The van der Waals surface area contributed by atoms with Crippen LogP contribution in [0.4, 0.5) is 0 Å². The minimum atomic E-state index is -0.420. The number of amidine groups is 1. The Morgan fingerprint density at radius 1 is 1.39 bits per heavy atom. The molecule has 0 radical (unpaired) electrons. The first-order chi connectivity index (χ1) is 13.3. The van der Waals surface area contributed by atoms with Gasteiger partial charge in [0.25, 0.3) is 0 Å². The van der Waals surface area contributed by atoms with Gasteiger partial charge < -0.3 is 11.1 Å². The fraction of sp³-hybridized carbons (Fsp3) is 0.571. The van der Waals surface area contributed by atoms with Crippen LogP contribution in [0.5, 0.6) is 0 Å². The lowest BCUT2D eigenvalue weighted by Gasteiger charge is -2.33. The molecular weight excluding hydrogens is 352 g/mol. The number of hydrogen-bond donors (Lipinski definition) is 2. The number of aliphatic imine (C=N–C) groups is 1. The monoisotopic (exact) mass is 386 g/mol. The maximum Gasteiger partial charge on any atom is 0.246 e. The molecule has 0 spiro atoms. The molecule has 154 valence electrons. The lowest BCUT2D eigenvalue weighted by Crippen LogP contribution is -2.36. The number of likely N-dealkylation sites (N-methyl/N-ethyl adjacent to an activating group) is 1. The van der Waals surface area contributed by atoms with E-state index in [2.05, 4.69) is 45.1 Å². The lowest BCUT2D eigenvalue weighted by atomic mass is 9.91. The van der Waals surface area contributed by atoms with E-state index < -0.39 is 5.91 Å². The van der Waals surface area contributed by atoms with Crippen LogP contribution in [0.1, 0.15) is 50.9 Å². The van der Waals surface area contributed by atoms with Gasteiger partial charge in [-0.15, -0.1) is 0 Å². The number of pyridine rings is 1. The molecule has 0 aromatic carbocycles. The zero-order chi connectivity index (χ0) is 20.7. The molecule has 0 fully saturated rings. The van der Waals surface area contributed by atoms with Crippen LogP contribution in [0.15, 0.2) is 34.6 Å². The predicted molar refractivity (Wildman–Crippen MR) is 114 cm³/mol. The summed E-state index contributed by atoms with van der Waals surface area (Å²) in [6, 6.07) is 4.39. The number of aromatic nitrogens is 1. The number of nitrogens with two attached hydrogens (primary N) is 1. The van der Waals surface area contributed by atoms with Crippen LogP contribution in [-0.2, 0) is 11.2 Å². The van der Waals surface area contributed by atoms with Crippen molar-refractivity contribution in [3.8, 4) is 0 Å². The summed E-state index contributed by atoms with van der Waals surface area (Å²) in [7, 11) is 4.09. The van der Waals surface area contributed by atoms with Gasteiger partial charge >= 0.3 is 0 Å². The number of nitrogens with zero attached hydrogens (tertiary/aromatic N) is 4. The highest BCUT2D eigenvalue weighted by atomic mass is 16.1. The highest BCUT2D eigenvalue weighted by Gasteiger charge is 2.26. The summed E-state index contributed by atoms with van der Waals surface area (Å²) in [5.41, 5.74) is 9.35. The molecule has 1 amide bonds. The Hall–Kier alpha value is -2.25. The van der Waals surface area contributed by atoms with E-state index in [9.17, 15) is 4.79 Å². The van der Waals surface area contributed by atoms with Crippen molar-refractivity contribution in [2.24, 2.45) is 10.7 Å². The van der Waals surface area contributed by atoms with Crippen LogP contribution in [0, 0.1) is 0 Å². The molecule has 1 atom stereocenters. The summed E-state index contributed by atoms with van der Waals surface area (Å²) in [5, 5.41) is 3.31. The Morgan fingerprint density at radius 2 is 2.14 bits per heavy atom. The Morgan fingerprint density at radius 3 is 2.82 bits per heavy atom. The first-order valence-corrected chi connectivity index (χ1v) is 9.93. The van der Waals surface area contributed by atoms with Gasteiger partial charge in [0, 0.05) is 24.0 Å². The molecule has 7 heteroatoms. The van der Waals surface area contributed by atoms with E-state index in [4.69, 9.17) is 5.73 Å². The van der Waals surface area contributed by atoms with Crippen molar-refractivity contribution in [3.05, 3.63) is 40.9 Å². The third-order valence-electron chi connectivity index (χ3n) is 5.35. The summed E-state index contributed by atoms with van der Waals surface area (Å²) >= 11 is 0. The van der Waals surface area contributed by atoms with E-state index in [1.54, 1.807) is 6.92 Å². The highest BCUT2D eigenvalue weighted by molar-refractivity contribution is 5.93. The number of amides is 1. The van der Waals surface area contributed by atoms with Gasteiger partial charge in [-0.25, -0.2) is 0 Å². The second-order valence-corrected chi connectivity index (χ2v) is 7.52. The van der Waals surface area contributed by atoms with Crippen LogP contribution in [0.25, 0.3) is 0 Å². The summed E-state index contributed by atoms with van der Waals surface area (Å²) < 4.78 is 0. The number of aryl methyl sites for hydroxylation is 1. The average Bonchev–Trinajstić information content (AvgIpc) is 2.70. The van der Waals surface area contributed by atoms with Crippen molar-refractivity contribution >= 4 is 11.7 Å². The normalized spacial score (nSPS) is 18.1. The Kier molecular flexibility index (Phi) is 8.14. The van der Waals surface area contributed by atoms with Gasteiger partial charge in [-0.1, -0.05) is 13.0 Å². The summed E-state index contributed by atoms with van der Waals surface area (Å²) in [5.74, 6) is 0.350. The maximum absolute atomic E-state index is 11.8. The molecule has 1 heterocycles. The number of carbonyl (C=O) groups excluding carboxylic acids is 1. The molecule has 3 N–H and O–H groups in total. The standard InChI is InChI=1S/C21H34N6O/c1-6-26(4)14-24-16(3)25-18(15(2)21(22)28)13-27(5)19-11-7-9-17-10-8-12-23-20(17)19/h8,10,12,19H,6-7,9,11,13-14H2,1-5H3,(H2,22,28)(H,24,25)/b18-15+. The largest absolute Gasteiger partial charge is 0.366 e. The fourth-order valence-electron chi connectivity index (χ4n) is 3.36. The van der Waals surface area contributed by atoms with Crippen molar-refractivity contribution in [3.63, 3.8) is 0 Å². The van der Waals surface area contributed by atoms with Crippen LogP contribution >= 0.6 is 0 Å². The minimum Gasteiger partial charge on any atom is -0.366 e. The van der Waals surface area contributed by atoms with Crippen molar-refractivity contribution in [2.75, 3.05) is 33.9 Å². The molecule has 1 aromatic heterocycles. The smallest absolute Gasteiger partial charge is 0.246 e. The number of carbonyl (C=O) groups is 1. The van der Waals surface area contributed by atoms with E-state index in [1.807, 2.05) is 26.2 Å². The van der Waals surface area contributed by atoms with Gasteiger partial charge in [0.1, 0.15) is 0 Å². The molecule has 1 aliphatic carbocycles. The zero-order valence-electron chi connectivity index (χ0n) is 17.8. The van der Waals surface area contributed by atoms with Crippen LogP contribution in [0.3, 0.4) is 0 Å². The second kappa shape index (κ2) is 10.3. The molecule has 0 bridgehead atoms. The van der Waals surface area contributed by atoms with Crippen LogP contribution in [-0.4, -0.2) is 60.4 Å². The van der Waals surface area contributed by atoms with Crippen molar-refractivity contribution in [1.82, 2.24) is 20.1 Å². The molecule has 7 nitrogen and oxygen atoms in total. The summed E-state index contributed by atoms with van der Waals surface area (Å²) in [6.07, 6.45) is 5.12. The van der Waals surface area contributed by atoms with Crippen molar-refractivity contribution < 1.29 is 4.79 Å². The molecule has 28 heavy (non-hydrogen) atoms. The molecule has 0 aliphatic heterocycles. The number of nitrogens with one attached hydrogen (secondary N) is 1. The number of primary amides is 1. The van der Waals surface area contributed by atoms with Gasteiger partial charge in [0.05, 0.1) is 24.2 Å². The maximum atomic E-state index is 11.8. The van der Waals surface area contributed by atoms with Crippen molar-refractivity contribution in [1.29, 1.82) is 0 Å². The highest BCUT2D eigenvalue weighted by Crippen LogP contribution is 2.32. The Balaban J connectivity index is 2.18. The third kappa shape index (κ3) is 5.87. The molecule has 1 aromatic rings. The van der Waals surface area contributed by atoms with Gasteiger partial charge in [-0.2, -0.15) is 0 Å². The second-order valence-electron chi connectivity index (χ2n) is 7.52. The molecule has 1 unspecified atom stereocenters. The quantitative estimate of drug-likeness (QED) is 0.406. The van der Waals surface area contributed by atoms with Crippen molar-refractivity contribution in [2.45, 2.75) is 46.1 Å². The minimum absolute atomic E-state index is 0.228. The fourth-order valence-corrected chi connectivity index (χ4v) is 3.36. The predicted octanol–water partition coefficient (Wildman–Crippen LogP) is 2.07. The third-order valence-corrected chi connectivity index (χ3v) is 5.35. The van der Waals surface area contributed by atoms with E-state index in [0.717, 1.165) is 43.0 Å². The zero-order valence-corrected chi connectivity index (χ0v) is 17.8. The Labute approximate surface area is 168 Å². The van der Waals surface area contributed by atoms with E-state index >= 15 is 0 Å². The van der Waals surface area contributed by atoms with E-state index in [1.165, 1.54) is 5.56 Å². The van der Waals surface area contributed by atoms with E-state index in [-0.39, 0.29) is 6.04 Å². The van der Waals surface area contributed by atoms with Gasteiger partial charge in [0.15, 0.2) is 0 Å². The molecule has 2 rings (SSSR count). The lowest BCUT2D eigenvalue weighted by molar-refractivity contribution is -0.114. The number of fused-ring (bicyclic) bond motifs is 1. The summed E-state index contributed by atoms with van der Waals surface area (Å²) in [6.45, 7) is 7.87. The van der Waals surface area contributed by atoms with E-state index in [0.29, 0.717) is 18.8 Å². The van der Waals surface area contributed by atoms with Crippen LogP contribution in [0.2, 0.25) is 0 Å². The summed E-state index contributed by atoms with van der Waals surface area (Å²) in [4.78, 5) is 25.4. The number of rotatable bonds is 8. The van der Waals surface area contributed by atoms with Crippen LogP contribution < -0.4 is 11.1 Å². The van der Waals surface area contributed by atoms with Gasteiger partial charge in [0.2, 0.25) is 5.91 Å². The van der Waals surface area contributed by atoms with Gasteiger partial charge in [-0.05, 0) is 65.4 Å².